The summed E-state index contributed by atoms with van der Waals surface area (Å²) in [5.74, 6) is 0.409. The van der Waals surface area contributed by atoms with Crippen molar-refractivity contribution >= 4 is 21.7 Å². The van der Waals surface area contributed by atoms with Crippen molar-refractivity contribution in [2.75, 3.05) is 18.0 Å². The number of rotatable bonds is 7. The second kappa shape index (κ2) is 10.5. The molecule has 2 saturated carbocycles. The van der Waals surface area contributed by atoms with Gasteiger partial charge in [0.15, 0.2) is 10.6 Å². The number of carbonyl (C=O) groups excluding carboxylic acids is 1. The maximum Gasteiger partial charge on any atom is 0.406 e. The molecule has 1 saturated heterocycles. The number of benzene rings is 1. The highest BCUT2D eigenvalue weighted by Gasteiger charge is 2.55. The summed E-state index contributed by atoms with van der Waals surface area (Å²) in [6, 6.07) is 10.2. The average molecular weight is 581 g/mol. The lowest BCUT2D eigenvalue weighted by Crippen LogP contribution is -2.59. The Bertz CT molecular complexity index is 1360. The molecule has 12 heteroatoms. The molecule has 3 N–H and O–H groups in total. The van der Waals surface area contributed by atoms with Crippen LogP contribution in [0.25, 0.3) is 0 Å². The van der Waals surface area contributed by atoms with Crippen LogP contribution in [0, 0.1) is 6.92 Å². The number of hydrogen-bond acceptors (Lipinski definition) is 7. The minimum absolute atomic E-state index is 0.0321. The Morgan fingerprint density at radius 1 is 1.07 bits per heavy atom. The van der Waals surface area contributed by atoms with Crippen LogP contribution in [-0.2, 0) is 14.8 Å². The lowest BCUT2D eigenvalue weighted by molar-refractivity contribution is -0.191. The fraction of sp³-hybridized carbons (Fsp3) is 0.571. The highest BCUT2D eigenvalue weighted by atomic mass is 32.2. The largest absolute Gasteiger partial charge is 0.477 e. The predicted molar refractivity (Wildman–Crippen MR) is 144 cm³/mol. The Kier molecular flexibility index (Phi) is 7.54. The minimum Gasteiger partial charge on any atom is -0.477 e. The summed E-state index contributed by atoms with van der Waals surface area (Å²) in [7, 11) is -4.36. The molecule has 0 spiro atoms. The van der Waals surface area contributed by atoms with E-state index < -0.39 is 38.3 Å². The van der Waals surface area contributed by atoms with Gasteiger partial charge in [0, 0.05) is 25.9 Å². The Morgan fingerprint density at radius 2 is 1.75 bits per heavy atom. The summed E-state index contributed by atoms with van der Waals surface area (Å²) in [4.78, 5) is 19.0. The number of aromatic nitrogens is 1. The van der Waals surface area contributed by atoms with Crippen LogP contribution in [0.15, 0.2) is 41.4 Å². The number of sulfonamides is 1. The smallest absolute Gasteiger partial charge is 0.406 e. The summed E-state index contributed by atoms with van der Waals surface area (Å²) in [5.41, 5.74) is 4.04. The minimum atomic E-state index is -4.53. The van der Waals surface area contributed by atoms with Crippen molar-refractivity contribution in [1.29, 1.82) is 0 Å². The van der Waals surface area contributed by atoms with Crippen molar-refractivity contribution in [2.45, 2.75) is 93.0 Å². The molecule has 2 aromatic rings. The van der Waals surface area contributed by atoms with Gasteiger partial charge in [-0.2, -0.15) is 21.6 Å². The Labute approximate surface area is 232 Å². The molecular formula is C28H35F3N4O4S. The summed E-state index contributed by atoms with van der Waals surface area (Å²) in [6.45, 7) is 1.88. The molecule has 0 bridgehead atoms. The highest BCUT2D eigenvalue weighted by molar-refractivity contribution is 7.90. The fourth-order valence-electron chi connectivity index (χ4n) is 5.60. The first-order chi connectivity index (χ1) is 18.8. The van der Waals surface area contributed by atoms with E-state index in [2.05, 4.69) is 9.71 Å². The number of aryl methyl sites for hydroxylation is 1. The molecule has 1 amide bonds. The van der Waals surface area contributed by atoms with Crippen molar-refractivity contribution in [3.05, 3.63) is 47.5 Å². The molecule has 0 unspecified atom stereocenters. The fourth-order valence-corrected chi connectivity index (χ4v) is 6.60. The molecule has 8 nitrogen and oxygen atoms in total. The first-order valence-electron chi connectivity index (χ1n) is 13.8. The molecule has 2 aliphatic carbocycles. The maximum absolute atomic E-state index is 13.3. The van der Waals surface area contributed by atoms with E-state index in [0.29, 0.717) is 24.5 Å². The number of nitrogens with zero attached hydrogens (tertiary/aromatic N) is 2. The van der Waals surface area contributed by atoms with Crippen LogP contribution in [0.3, 0.4) is 0 Å². The van der Waals surface area contributed by atoms with E-state index in [1.807, 2.05) is 25.1 Å². The summed E-state index contributed by atoms with van der Waals surface area (Å²) >= 11 is 0. The van der Waals surface area contributed by atoms with E-state index in [0.717, 1.165) is 36.8 Å². The number of pyridine rings is 1. The average Bonchev–Trinajstić information content (AvgIpc) is 3.70. The van der Waals surface area contributed by atoms with Crippen molar-refractivity contribution in [2.24, 2.45) is 5.73 Å². The van der Waals surface area contributed by atoms with E-state index in [1.165, 1.54) is 24.6 Å². The summed E-state index contributed by atoms with van der Waals surface area (Å²) in [5, 5.41) is -0.395. The van der Waals surface area contributed by atoms with Crippen LogP contribution in [-0.4, -0.2) is 49.7 Å². The van der Waals surface area contributed by atoms with Crippen molar-refractivity contribution in [3.63, 3.8) is 0 Å². The van der Waals surface area contributed by atoms with E-state index in [-0.39, 0.29) is 31.7 Å². The Morgan fingerprint density at radius 3 is 2.38 bits per heavy atom. The summed E-state index contributed by atoms with van der Waals surface area (Å²) < 4.78 is 74.6. The van der Waals surface area contributed by atoms with Crippen LogP contribution in [0.2, 0.25) is 0 Å². The van der Waals surface area contributed by atoms with Gasteiger partial charge in [0.05, 0.1) is 0 Å². The molecule has 0 radical (unpaired) electrons. The topological polar surface area (TPSA) is 115 Å². The molecule has 1 aromatic carbocycles. The molecule has 0 atom stereocenters. The van der Waals surface area contributed by atoms with E-state index >= 15 is 0 Å². The predicted octanol–water partition coefficient (Wildman–Crippen LogP) is 4.71. The molecular weight excluding hydrogens is 545 g/mol. The number of anilines is 1. The zero-order chi connectivity index (χ0) is 28.8. The number of nitrogens with one attached hydrogen (secondary N) is 1. The third kappa shape index (κ3) is 5.79. The van der Waals surface area contributed by atoms with Crippen LogP contribution in [0.1, 0.15) is 74.8 Å². The normalized spacial score (nSPS) is 21.1. The van der Waals surface area contributed by atoms with Crippen LogP contribution >= 0.6 is 0 Å². The summed E-state index contributed by atoms with van der Waals surface area (Å²) in [6.07, 6.45) is 1.14. The van der Waals surface area contributed by atoms with Gasteiger partial charge in [0.2, 0.25) is 0 Å². The number of alkyl halides is 3. The molecule has 1 aromatic heterocycles. The Hall–Kier alpha value is -2.86. The number of halogens is 3. The van der Waals surface area contributed by atoms with Gasteiger partial charge < -0.3 is 15.4 Å². The molecule has 40 heavy (non-hydrogen) atoms. The van der Waals surface area contributed by atoms with Gasteiger partial charge in [-0.15, -0.1) is 0 Å². The SMILES string of the molecule is Cc1ccc(C2CCCCC2)c(OC2(C(=O)NS(=O)(=O)c3cccc(N4CCC(N)(C(F)(F)F)CC4)n3)CC2)c1. The first kappa shape index (κ1) is 28.7. The van der Waals surface area contributed by atoms with Gasteiger partial charge in [-0.25, -0.2) is 9.71 Å². The number of ether oxygens (including phenoxy) is 1. The van der Waals surface area contributed by atoms with Crippen LogP contribution < -0.4 is 20.1 Å². The number of piperidine rings is 1. The first-order valence-corrected chi connectivity index (χ1v) is 15.2. The van der Waals surface area contributed by atoms with E-state index in [9.17, 15) is 26.4 Å². The molecule has 3 aliphatic rings. The maximum atomic E-state index is 13.3. The lowest BCUT2D eigenvalue weighted by Gasteiger charge is -2.40. The third-order valence-electron chi connectivity index (χ3n) is 8.39. The zero-order valence-corrected chi connectivity index (χ0v) is 23.3. The van der Waals surface area contributed by atoms with Crippen LogP contribution in [0.5, 0.6) is 5.75 Å². The van der Waals surface area contributed by atoms with Gasteiger partial charge in [-0.1, -0.05) is 37.5 Å². The van der Waals surface area contributed by atoms with Gasteiger partial charge in [0.25, 0.3) is 15.9 Å². The van der Waals surface area contributed by atoms with E-state index in [1.54, 1.807) is 4.90 Å². The van der Waals surface area contributed by atoms with Crippen molar-refractivity contribution in [3.8, 4) is 5.75 Å². The number of carbonyl (C=O) groups is 1. The standard InChI is InChI=1S/C28H35F3N4O4S/c1-19-10-11-21(20-6-3-2-4-7-20)22(18-19)39-26(12-13-26)25(36)34-40(37,38)24-9-5-8-23(33-24)35-16-14-27(32,15-17-35)28(29,30)31/h5,8-11,18,20H,2-4,6-7,12-17,32H2,1H3,(H,34,36). The molecule has 2 heterocycles. The van der Waals surface area contributed by atoms with Crippen LogP contribution in [0.4, 0.5) is 19.0 Å². The van der Waals surface area contributed by atoms with Gasteiger partial charge in [-0.05, 0) is 67.9 Å². The molecule has 1 aliphatic heterocycles. The van der Waals surface area contributed by atoms with Crippen molar-refractivity contribution < 1.29 is 31.1 Å². The number of nitrogens with two attached hydrogens (primary N) is 1. The zero-order valence-electron chi connectivity index (χ0n) is 22.5. The van der Waals surface area contributed by atoms with Gasteiger partial charge >= 0.3 is 6.18 Å². The quantitative estimate of drug-likeness (QED) is 0.487. The van der Waals surface area contributed by atoms with Gasteiger partial charge in [-0.3, -0.25) is 4.79 Å². The van der Waals surface area contributed by atoms with E-state index in [4.69, 9.17) is 10.5 Å². The molecule has 218 valence electrons. The highest BCUT2D eigenvalue weighted by Crippen LogP contribution is 2.45. The third-order valence-corrected chi connectivity index (χ3v) is 9.62. The molecule has 3 fully saturated rings. The lowest BCUT2D eigenvalue weighted by atomic mass is 9.83. The number of hydrogen-bond donors (Lipinski definition) is 2. The van der Waals surface area contributed by atoms with Crippen molar-refractivity contribution in [1.82, 2.24) is 9.71 Å². The van der Waals surface area contributed by atoms with Gasteiger partial charge in [0.1, 0.15) is 17.1 Å². The second-order valence-electron chi connectivity index (χ2n) is 11.4. The molecule has 5 rings (SSSR count). The monoisotopic (exact) mass is 580 g/mol. The Balaban J connectivity index is 1.29. The number of amides is 1. The second-order valence-corrected chi connectivity index (χ2v) is 13.0.